The van der Waals surface area contributed by atoms with Crippen LogP contribution in [0.2, 0.25) is 5.02 Å². The summed E-state index contributed by atoms with van der Waals surface area (Å²) in [6.07, 6.45) is -0.624. The number of hydrogen-bond acceptors (Lipinski definition) is 2. The Morgan fingerprint density at radius 1 is 1.47 bits per heavy atom. The van der Waals surface area contributed by atoms with Crippen LogP contribution in [0, 0.1) is 5.82 Å². The van der Waals surface area contributed by atoms with Gasteiger partial charge < -0.3 is 4.74 Å². The highest BCUT2D eigenvalue weighted by Gasteiger charge is 2.17. The molecule has 1 aromatic carbocycles. The molecule has 0 saturated carbocycles. The van der Waals surface area contributed by atoms with Gasteiger partial charge in [-0.1, -0.05) is 11.6 Å². The van der Waals surface area contributed by atoms with E-state index in [9.17, 15) is 9.18 Å². The first kappa shape index (κ1) is 14.3. The Balaban J connectivity index is 2.82. The standard InChI is InChI=1S/C11H12BrClFNO2/c1-11(2,3)17-10(16)15-9-5-7(13)8(14)4-6(9)12/h4-5H,1-3H3,(H,15,16). The molecule has 0 aliphatic heterocycles. The zero-order valence-electron chi connectivity index (χ0n) is 9.61. The zero-order valence-corrected chi connectivity index (χ0v) is 11.9. The molecule has 0 aliphatic rings. The van der Waals surface area contributed by atoms with Crippen LogP contribution in [0.1, 0.15) is 20.8 Å². The fourth-order valence-electron chi connectivity index (χ4n) is 1.03. The topological polar surface area (TPSA) is 38.3 Å². The summed E-state index contributed by atoms with van der Waals surface area (Å²) in [4.78, 5) is 11.5. The predicted octanol–water partition coefficient (Wildman–Crippen LogP) is 4.59. The number of amides is 1. The molecular weight excluding hydrogens is 312 g/mol. The van der Waals surface area contributed by atoms with Crippen LogP contribution in [0.4, 0.5) is 14.9 Å². The van der Waals surface area contributed by atoms with Gasteiger partial charge >= 0.3 is 6.09 Å². The Hall–Kier alpha value is -0.810. The molecule has 1 N–H and O–H groups in total. The average Bonchev–Trinajstić information content (AvgIpc) is 2.11. The monoisotopic (exact) mass is 323 g/mol. The number of benzene rings is 1. The van der Waals surface area contributed by atoms with E-state index in [0.717, 1.165) is 0 Å². The highest BCUT2D eigenvalue weighted by Crippen LogP contribution is 2.29. The van der Waals surface area contributed by atoms with Gasteiger partial charge in [0.05, 0.1) is 10.7 Å². The highest BCUT2D eigenvalue weighted by atomic mass is 79.9. The fourth-order valence-corrected chi connectivity index (χ4v) is 1.61. The Bertz CT molecular complexity index is 446. The Labute approximate surface area is 112 Å². The molecular formula is C11H12BrClFNO2. The van der Waals surface area contributed by atoms with E-state index in [1.807, 2.05) is 0 Å². The van der Waals surface area contributed by atoms with Gasteiger partial charge in [-0.2, -0.15) is 0 Å². The van der Waals surface area contributed by atoms with Gasteiger partial charge in [-0.05, 0) is 48.8 Å². The summed E-state index contributed by atoms with van der Waals surface area (Å²) < 4.78 is 18.5. The van der Waals surface area contributed by atoms with Crippen LogP contribution in [0.3, 0.4) is 0 Å². The van der Waals surface area contributed by atoms with Crippen LogP contribution < -0.4 is 5.32 Å². The smallest absolute Gasteiger partial charge is 0.412 e. The van der Waals surface area contributed by atoms with E-state index in [1.165, 1.54) is 12.1 Å². The number of ether oxygens (including phenoxy) is 1. The largest absolute Gasteiger partial charge is 0.444 e. The molecule has 3 nitrogen and oxygen atoms in total. The summed E-state index contributed by atoms with van der Waals surface area (Å²) in [5.74, 6) is -0.562. The summed E-state index contributed by atoms with van der Waals surface area (Å²) in [6, 6.07) is 2.49. The molecule has 1 rings (SSSR count). The number of hydrogen-bond donors (Lipinski definition) is 1. The molecule has 6 heteroatoms. The molecule has 0 radical (unpaired) electrons. The van der Waals surface area contributed by atoms with Gasteiger partial charge in [0.15, 0.2) is 0 Å². The third kappa shape index (κ3) is 4.52. The molecule has 0 unspecified atom stereocenters. The van der Waals surface area contributed by atoms with Gasteiger partial charge in [-0.3, -0.25) is 5.32 Å². The van der Waals surface area contributed by atoms with Crippen molar-refractivity contribution < 1.29 is 13.9 Å². The van der Waals surface area contributed by atoms with Crippen LogP contribution in [0.25, 0.3) is 0 Å². The van der Waals surface area contributed by atoms with Gasteiger partial charge in [0.2, 0.25) is 0 Å². The molecule has 0 aromatic heterocycles. The minimum absolute atomic E-state index is 0.0701. The van der Waals surface area contributed by atoms with Gasteiger partial charge in [-0.15, -0.1) is 0 Å². The number of carbonyl (C=O) groups excluding carboxylic acids is 1. The Morgan fingerprint density at radius 2 is 2.06 bits per heavy atom. The summed E-state index contributed by atoms with van der Waals surface area (Å²) in [6.45, 7) is 5.25. The van der Waals surface area contributed by atoms with Gasteiger partial charge in [-0.25, -0.2) is 9.18 Å². The Kier molecular flexibility index (Phi) is 4.38. The molecule has 0 fully saturated rings. The first-order valence-electron chi connectivity index (χ1n) is 4.83. The maximum Gasteiger partial charge on any atom is 0.412 e. The third-order valence-corrected chi connectivity index (χ3v) is 2.59. The molecule has 0 atom stereocenters. The van der Waals surface area contributed by atoms with Gasteiger partial charge in [0.1, 0.15) is 11.4 Å². The summed E-state index contributed by atoms with van der Waals surface area (Å²) in [7, 11) is 0. The normalized spacial score (nSPS) is 11.2. The molecule has 0 saturated heterocycles. The van der Waals surface area contributed by atoms with E-state index in [1.54, 1.807) is 20.8 Å². The van der Waals surface area contributed by atoms with Crippen molar-refractivity contribution in [3.8, 4) is 0 Å². The maximum atomic E-state index is 13.1. The Morgan fingerprint density at radius 3 is 2.59 bits per heavy atom. The molecule has 1 aromatic rings. The van der Waals surface area contributed by atoms with Gasteiger partial charge in [0.25, 0.3) is 0 Å². The van der Waals surface area contributed by atoms with Crippen molar-refractivity contribution in [2.24, 2.45) is 0 Å². The highest BCUT2D eigenvalue weighted by molar-refractivity contribution is 9.10. The van der Waals surface area contributed by atoms with E-state index in [0.29, 0.717) is 10.2 Å². The first-order chi connectivity index (χ1) is 7.69. The van der Waals surface area contributed by atoms with E-state index < -0.39 is 17.5 Å². The molecule has 0 bridgehead atoms. The van der Waals surface area contributed by atoms with Crippen LogP contribution in [-0.4, -0.2) is 11.7 Å². The number of rotatable bonds is 1. The van der Waals surface area contributed by atoms with Gasteiger partial charge in [0, 0.05) is 4.47 Å². The fraction of sp³-hybridized carbons (Fsp3) is 0.364. The lowest BCUT2D eigenvalue weighted by molar-refractivity contribution is 0.0636. The second-order valence-corrected chi connectivity index (χ2v) is 5.63. The summed E-state index contributed by atoms with van der Waals surface area (Å²) in [5, 5.41) is 2.41. The van der Waals surface area contributed by atoms with Crippen LogP contribution in [0.5, 0.6) is 0 Å². The SMILES string of the molecule is CC(C)(C)OC(=O)Nc1cc(Cl)c(F)cc1Br. The average molecular weight is 325 g/mol. The van der Waals surface area contributed by atoms with Crippen molar-refractivity contribution in [2.45, 2.75) is 26.4 Å². The molecule has 0 spiro atoms. The first-order valence-corrected chi connectivity index (χ1v) is 6.00. The van der Waals surface area contributed by atoms with Crippen LogP contribution >= 0.6 is 27.5 Å². The summed E-state index contributed by atoms with van der Waals surface area (Å²) in [5.41, 5.74) is -0.244. The minimum Gasteiger partial charge on any atom is -0.444 e. The van der Waals surface area contributed by atoms with Crippen molar-refractivity contribution in [3.05, 3.63) is 27.4 Å². The van der Waals surface area contributed by atoms with Crippen molar-refractivity contribution in [1.29, 1.82) is 0 Å². The molecule has 0 heterocycles. The van der Waals surface area contributed by atoms with Crippen molar-refractivity contribution in [1.82, 2.24) is 0 Å². The minimum atomic E-state index is -0.624. The molecule has 94 valence electrons. The number of nitrogens with one attached hydrogen (secondary N) is 1. The van der Waals surface area contributed by atoms with Crippen LogP contribution in [-0.2, 0) is 4.74 Å². The van der Waals surface area contributed by atoms with E-state index >= 15 is 0 Å². The van der Waals surface area contributed by atoms with Crippen LogP contribution in [0.15, 0.2) is 16.6 Å². The maximum absolute atomic E-state index is 13.1. The van der Waals surface area contributed by atoms with E-state index in [2.05, 4.69) is 21.2 Å². The van der Waals surface area contributed by atoms with E-state index in [-0.39, 0.29) is 5.02 Å². The number of anilines is 1. The van der Waals surface area contributed by atoms with E-state index in [4.69, 9.17) is 16.3 Å². The lowest BCUT2D eigenvalue weighted by atomic mass is 10.2. The molecule has 0 aliphatic carbocycles. The molecule has 17 heavy (non-hydrogen) atoms. The van der Waals surface area contributed by atoms with Crippen molar-refractivity contribution in [2.75, 3.05) is 5.32 Å². The lowest BCUT2D eigenvalue weighted by Crippen LogP contribution is -2.27. The third-order valence-electron chi connectivity index (χ3n) is 1.65. The number of carbonyl (C=O) groups is 1. The quantitative estimate of drug-likeness (QED) is 0.767. The van der Waals surface area contributed by atoms with Crippen molar-refractivity contribution >= 4 is 39.3 Å². The molecule has 1 amide bonds. The van der Waals surface area contributed by atoms with Crippen molar-refractivity contribution in [3.63, 3.8) is 0 Å². The lowest BCUT2D eigenvalue weighted by Gasteiger charge is -2.20. The predicted molar refractivity (Wildman–Crippen MR) is 69.0 cm³/mol. The number of halogens is 3. The second kappa shape index (κ2) is 5.23. The second-order valence-electron chi connectivity index (χ2n) is 4.37. The summed E-state index contributed by atoms with van der Waals surface area (Å²) >= 11 is 8.73. The zero-order chi connectivity index (χ0) is 13.2.